The third kappa shape index (κ3) is 2.61. The second-order valence-electron chi connectivity index (χ2n) is 6.76. The van der Waals surface area contributed by atoms with Crippen molar-refractivity contribution in [3.63, 3.8) is 0 Å². The Labute approximate surface area is 141 Å². The SMILES string of the molecule is CC(C)(F)C1CN(c2cc(-c3c[nH]c(=O)[nH]c3=O)nn3ccnc23)C1. The standard InChI is InChI=1S/C16H17FN6O2/c1-16(2,17)9-7-22(8-9)12-5-11(21-23-4-3-18-13(12)23)10-6-19-15(25)20-14(10)24/h3-6,9H,7-8H2,1-2H3,(H2,19,20,24,25). The molecule has 1 fully saturated rings. The average Bonchev–Trinajstić information content (AvgIpc) is 2.92. The molecule has 25 heavy (non-hydrogen) atoms. The molecule has 0 amide bonds. The quantitative estimate of drug-likeness (QED) is 0.737. The predicted molar refractivity (Wildman–Crippen MR) is 90.6 cm³/mol. The highest BCUT2D eigenvalue weighted by molar-refractivity contribution is 5.75. The average molecular weight is 344 g/mol. The third-order valence-electron chi connectivity index (χ3n) is 4.63. The first-order valence-corrected chi connectivity index (χ1v) is 7.93. The number of aromatic amines is 2. The molecule has 2 N–H and O–H groups in total. The number of halogens is 1. The van der Waals surface area contributed by atoms with Gasteiger partial charge in [0.25, 0.3) is 5.56 Å². The molecule has 4 rings (SSSR count). The van der Waals surface area contributed by atoms with E-state index in [-0.39, 0.29) is 11.5 Å². The van der Waals surface area contributed by atoms with Crippen molar-refractivity contribution >= 4 is 11.3 Å². The van der Waals surface area contributed by atoms with E-state index in [0.717, 1.165) is 5.69 Å². The maximum atomic E-state index is 14.1. The summed E-state index contributed by atoms with van der Waals surface area (Å²) >= 11 is 0. The zero-order chi connectivity index (χ0) is 17.8. The molecule has 8 nitrogen and oxygen atoms in total. The summed E-state index contributed by atoms with van der Waals surface area (Å²) in [6, 6.07) is 1.74. The molecule has 3 aromatic rings. The van der Waals surface area contributed by atoms with Gasteiger partial charge in [-0.2, -0.15) is 5.10 Å². The molecule has 1 saturated heterocycles. The zero-order valence-electron chi connectivity index (χ0n) is 13.8. The highest BCUT2D eigenvalue weighted by Gasteiger charge is 2.40. The number of fused-ring (bicyclic) bond motifs is 1. The Morgan fingerprint density at radius 2 is 2.08 bits per heavy atom. The van der Waals surface area contributed by atoms with Crippen molar-refractivity contribution in [3.8, 4) is 11.3 Å². The number of H-pyrrole nitrogens is 2. The molecule has 0 saturated carbocycles. The lowest BCUT2D eigenvalue weighted by atomic mass is 9.85. The van der Waals surface area contributed by atoms with Crippen molar-refractivity contribution in [2.75, 3.05) is 18.0 Å². The highest BCUT2D eigenvalue weighted by atomic mass is 19.1. The van der Waals surface area contributed by atoms with Gasteiger partial charge >= 0.3 is 5.69 Å². The molecule has 4 heterocycles. The molecular weight excluding hydrogens is 327 g/mol. The van der Waals surface area contributed by atoms with Crippen LogP contribution < -0.4 is 16.1 Å². The van der Waals surface area contributed by atoms with Crippen molar-refractivity contribution in [3.05, 3.63) is 45.5 Å². The number of aromatic nitrogens is 5. The van der Waals surface area contributed by atoms with Crippen molar-refractivity contribution in [1.82, 2.24) is 24.6 Å². The topological polar surface area (TPSA) is 99.2 Å². The second kappa shape index (κ2) is 5.27. The van der Waals surface area contributed by atoms with Crippen molar-refractivity contribution in [2.24, 2.45) is 5.92 Å². The van der Waals surface area contributed by atoms with Gasteiger partial charge in [-0.25, -0.2) is 18.7 Å². The number of hydrogen-bond acceptors (Lipinski definition) is 5. The smallest absolute Gasteiger partial charge is 0.325 e. The summed E-state index contributed by atoms with van der Waals surface area (Å²) in [6.07, 6.45) is 4.63. The summed E-state index contributed by atoms with van der Waals surface area (Å²) in [6.45, 7) is 4.30. The molecule has 0 aliphatic carbocycles. The van der Waals surface area contributed by atoms with E-state index in [9.17, 15) is 14.0 Å². The first kappa shape index (κ1) is 15.6. The third-order valence-corrected chi connectivity index (χ3v) is 4.63. The van der Waals surface area contributed by atoms with Gasteiger partial charge in [0.1, 0.15) is 11.4 Å². The molecule has 0 radical (unpaired) electrons. The van der Waals surface area contributed by atoms with Crippen LogP contribution in [0.3, 0.4) is 0 Å². The lowest BCUT2D eigenvalue weighted by Crippen LogP contribution is -2.54. The molecule has 0 atom stereocenters. The summed E-state index contributed by atoms with van der Waals surface area (Å²) in [5.74, 6) is -0.0596. The van der Waals surface area contributed by atoms with Gasteiger partial charge in [0.05, 0.1) is 11.3 Å². The van der Waals surface area contributed by atoms with Crippen molar-refractivity contribution in [2.45, 2.75) is 19.5 Å². The normalized spacial score (nSPS) is 15.6. The van der Waals surface area contributed by atoms with Crippen LogP contribution in [0.5, 0.6) is 0 Å². The Morgan fingerprint density at radius 1 is 1.32 bits per heavy atom. The molecule has 130 valence electrons. The van der Waals surface area contributed by atoms with Crippen LogP contribution in [-0.2, 0) is 0 Å². The first-order chi connectivity index (χ1) is 11.8. The van der Waals surface area contributed by atoms with Crippen LogP contribution in [0, 0.1) is 5.92 Å². The largest absolute Gasteiger partial charge is 0.367 e. The molecule has 0 spiro atoms. The van der Waals surface area contributed by atoms with Gasteiger partial charge in [0, 0.05) is 37.6 Å². The number of nitrogens with zero attached hydrogens (tertiary/aromatic N) is 4. The fourth-order valence-corrected chi connectivity index (χ4v) is 2.97. The molecule has 3 aromatic heterocycles. The molecule has 9 heteroatoms. The Morgan fingerprint density at radius 3 is 2.76 bits per heavy atom. The van der Waals surface area contributed by atoms with E-state index >= 15 is 0 Å². The van der Waals surface area contributed by atoms with E-state index in [4.69, 9.17) is 0 Å². The zero-order valence-corrected chi connectivity index (χ0v) is 13.8. The summed E-state index contributed by atoms with van der Waals surface area (Å²) in [7, 11) is 0. The van der Waals surface area contributed by atoms with E-state index in [1.807, 2.05) is 4.90 Å². The van der Waals surface area contributed by atoms with Crippen LogP contribution in [0.1, 0.15) is 13.8 Å². The number of alkyl halides is 1. The summed E-state index contributed by atoms with van der Waals surface area (Å²) in [5, 5.41) is 4.38. The van der Waals surface area contributed by atoms with Gasteiger partial charge in [-0.1, -0.05) is 0 Å². The predicted octanol–water partition coefficient (Wildman–Crippen LogP) is 0.957. The number of imidazole rings is 1. The lowest BCUT2D eigenvalue weighted by Gasteiger charge is -2.45. The minimum atomic E-state index is -1.24. The van der Waals surface area contributed by atoms with Gasteiger partial charge in [0.2, 0.25) is 0 Å². The summed E-state index contributed by atoms with van der Waals surface area (Å²) in [4.78, 5) is 34.2. The van der Waals surface area contributed by atoms with Crippen LogP contribution >= 0.6 is 0 Å². The van der Waals surface area contributed by atoms with Gasteiger partial charge in [-0.15, -0.1) is 0 Å². The fourth-order valence-electron chi connectivity index (χ4n) is 2.97. The van der Waals surface area contributed by atoms with E-state index in [1.54, 1.807) is 36.8 Å². The minimum Gasteiger partial charge on any atom is -0.367 e. The Balaban J connectivity index is 1.79. The van der Waals surface area contributed by atoms with Crippen LogP contribution in [0.25, 0.3) is 16.9 Å². The minimum absolute atomic E-state index is 0.0596. The molecule has 1 aliphatic heterocycles. The van der Waals surface area contributed by atoms with E-state index in [1.165, 1.54) is 6.20 Å². The second-order valence-corrected chi connectivity index (χ2v) is 6.76. The number of hydrogen-bond donors (Lipinski definition) is 2. The maximum Gasteiger partial charge on any atom is 0.325 e. The monoisotopic (exact) mass is 344 g/mol. The first-order valence-electron chi connectivity index (χ1n) is 7.93. The fraction of sp³-hybridized carbons (Fsp3) is 0.375. The van der Waals surface area contributed by atoms with E-state index < -0.39 is 16.9 Å². The van der Waals surface area contributed by atoms with Crippen molar-refractivity contribution < 1.29 is 4.39 Å². The molecule has 0 unspecified atom stereocenters. The van der Waals surface area contributed by atoms with E-state index in [2.05, 4.69) is 20.1 Å². The summed E-state index contributed by atoms with van der Waals surface area (Å²) in [5.41, 5.74) is -0.267. The van der Waals surface area contributed by atoms with Gasteiger partial charge in [-0.3, -0.25) is 9.78 Å². The molecule has 1 aliphatic rings. The maximum absolute atomic E-state index is 14.1. The number of rotatable bonds is 3. The molecule has 0 aromatic carbocycles. The summed E-state index contributed by atoms with van der Waals surface area (Å²) < 4.78 is 15.6. The van der Waals surface area contributed by atoms with Crippen LogP contribution in [0.15, 0.2) is 34.2 Å². The van der Waals surface area contributed by atoms with Crippen LogP contribution in [0.4, 0.5) is 10.1 Å². The molecular formula is C16H17FN6O2. The van der Waals surface area contributed by atoms with Crippen LogP contribution in [0.2, 0.25) is 0 Å². The van der Waals surface area contributed by atoms with Gasteiger partial charge < -0.3 is 9.88 Å². The van der Waals surface area contributed by atoms with Crippen molar-refractivity contribution in [1.29, 1.82) is 0 Å². The lowest BCUT2D eigenvalue weighted by molar-refractivity contribution is 0.102. The molecule has 0 bridgehead atoms. The Kier molecular flexibility index (Phi) is 3.28. The Bertz CT molecular complexity index is 1050. The van der Waals surface area contributed by atoms with Gasteiger partial charge in [0.15, 0.2) is 5.65 Å². The number of nitrogens with one attached hydrogen (secondary N) is 2. The Hall–Kier alpha value is -2.97. The van der Waals surface area contributed by atoms with E-state index in [0.29, 0.717) is 24.4 Å². The number of anilines is 1. The van der Waals surface area contributed by atoms with Crippen LogP contribution in [-0.4, -0.2) is 43.3 Å². The highest BCUT2D eigenvalue weighted by Crippen LogP contribution is 2.36. The van der Waals surface area contributed by atoms with Gasteiger partial charge in [-0.05, 0) is 19.9 Å².